The number of H-pyrrole nitrogens is 1. The van der Waals surface area contributed by atoms with Crippen LogP contribution in [0.15, 0.2) is 6.07 Å². The summed E-state index contributed by atoms with van der Waals surface area (Å²) >= 11 is 0. The van der Waals surface area contributed by atoms with E-state index in [9.17, 15) is 4.79 Å². The summed E-state index contributed by atoms with van der Waals surface area (Å²) in [6, 6.07) is 1.75. The molecule has 1 aliphatic rings. The summed E-state index contributed by atoms with van der Waals surface area (Å²) in [5.74, 6) is -0.203. The topological polar surface area (TPSA) is 53.1 Å². The minimum absolute atomic E-state index is 0.326. The van der Waals surface area contributed by atoms with Gasteiger partial charge in [0.05, 0.1) is 0 Å². The fraction of sp³-hybridized carbons (Fsp3) is 0.444. The molecular weight excluding hydrogens is 154 g/mol. The molecule has 2 rings (SSSR count). The molecule has 1 atom stereocenters. The second-order valence-corrected chi connectivity index (χ2v) is 3.51. The first-order valence-corrected chi connectivity index (χ1v) is 4.11. The minimum atomic E-state index is -0.864. The Hall–Kier alpha value is -1.25. The van der Waals surface area contributed by atoms with E-state index in [1.807, 2.05) is 0 Å². The van der Waals surface area contributed by atoms with E-state index in [1.54, 1.807) is 6.07 Å². The van der Waals surface area contributed by atoms with Crippen LogP contribution in [0.2, 0.25) is 0 Å². The molecule has 0 aromatic carbocycles. The molecule has 1 heterocycles. The lowest BCUT2D eigenvalue weighted by Gasteiger charge is -1.96. The van der Waals surface area contributed by atoms with E-state index in [0.717, 1.165) is 18.5 Å². The van der Waals surface area contributed by atoms with Gasteiger partial charge in [0.2, 0.25) is 0 Å². The number of aromatic carboxylic acids is 1. The molecule has 0 unspecified atom stereocenters. The molecule has 0 amide bonds. The molecule has 0 aliphatic heterocycles. The predicted octanol–water partition coefficient (Wildman–Crippen LogP) is 1.45. The molecule has 1 aliphatic carbocycles. The Morgan fingerprint density at radius 1 is 1.67 bits per heavy atom. The highest BCUT2D eigenvalue weighted by Gasteiger charge is 2.21. The maximum atomic E-state index is 10.6. The van der Waals surface area contributed by atoms with Gasteiger partial charge >= 0.3 is 5.97 Å². The van der Waals surface area contributed by atoms with Gasteiger partial charge in [-0.05, 0) is 30.4 Å². The Morgan fingerprint density at radius 3 is 3.00 bits per heavy atom. The lowest BCUT2D eigenvalue weighted by atomic mass is 10.1. The van der Waals surface area contributed by atoms with Crippen LogP contribution in [0.3, 0.4) is 0 Å². The molecule has 0 fully saturated rings. The lowest BCUT2D eigenvalue weighted by Crippen LogP contribution is -1.99. The molecule has 2 N–H and O–H groups in total. The van der Waals surface area contributed by atoms with Crippen LogP contribution in [0.5, 0.6) is 0 Å². The van der Waals surface area contributed by atoms with E-state index in [2.05, 4.69) is 11.9 Å². The molecule has 0 bridgehead atoms. The number of hydrogen-bond donors (Lipinski definition) is 2. The Bertz CT molecular complexity index is 304. The van der Waals surface area contributed by atoms with Gasteiger partial charge in [0, 0.05) is 5.69 Å². The Morgan fingerprint density at radius 2 is 2.42 bits per heavy atom. The fourth-order valence-electron chi connectivity index (χ4n) is 1.82. The van der Waals surface area contributed by atoms with Gasteiger partial charge in [-0.1, -0.05) is 6.92 Å². The monoisotopic (exact) mass is 165 g/mol. The van der Waals surface area contributed by atoms with Crippen molar-refractivity contribution in [1.29, 1.82) is 0 Å². The van der Waals surface area contributed by atoms with E-state index < -0.39 is 5.97 Å². The van der Waals surface area contributed by atoms with E-state index >= 15 is 0 Å². The quantitative estimate of drug-likeness (QED) is 0.661. The standard InChI is InChI=1S/C9H11NO2/c1-5-2-6-4-8(9(11)12)10-7(6)3-5/h4-5,10H,2-3H2,1H3,(H,11,12)/t5-/m1/s1. The van der Waals surface area contributed by atoms with Crippen LogP contribution >= 0.6 is 0 Å². The van der Waals surface area contributed by atoms with E-state index in [1.165, 1.54) is 5.56 Å². The molecule has 0 spiro atoms. The smallest absolute Gasteiger partial charge is 0.352 e. The van der Waals surface area contributed by atoms with Crippen LogP contribution in [0.1, 0.15) is 28.7 Å². The Labute approximate surface area is 70.4 Å². The van der Waals surface area contributed by atoms with Crippen LogP contribution in [0, 0.1) is 5.92 Å². The third-order valence-corrected chi connectivity index (χ3v) is 2.34. The third kappa shape index (κ3) is 1.02. The summed E-state index contributed by atoms with van der Waals surface area (Å²) in [5, 5.41) is 8.68. The molecule has 3 heteroatoms. The SMILES string of the molecule is C[C@@H]1Cc2cc(C(=O)O)[nH]c2C1. The molecular formula is C9H11NO2. The molecule has 0 radical (unpaired) electrons. The zero-order valence-electron chi connectivity index (χ0n) is 6.92. The normalized spacial score (nSPS) is 20.9. The summed E-state index contributed by atoms with van der Waals surface area (Å²) in [7, 11) is 0. The highest BCUT2D eigenvalue weighted by molar-refractivity contribution is 5.86. The molecule has 1 aromatic rings. The number of carboxylic acid groups (broad SMARTS) is 1. The van der Waals surface area contributed by atoms with Crippen molar-refractivity contribution in [3.63, 3.8) is 0 Å². The van der Waals surface area contributed by atoms with Gasteiger partial charge in [-0.3, -0.25) is 0 Å². The van der Waals surface area contributed by atoms with Crippen molar-refractivity contribution in [3.05, 3.63) is 23.0 Å². The molecule has 64 valence electrons. The van der Waals surface area contributed by atoms with Crippen molar-refractivity contribution < 1.29 is 9.90 Å². The van der Waals surface area contributed by atoms with Crippen LogP contribution in [0.25, 0.3) is 0 Å². The molecule has 0 saturated carbocycles. The van der Waals surface area contributed by atoms with Gasteiger partial charge in [0.1, 0.15) is 5.69 Å². The maximum absolute atomic E-state index is 10.6. The number of hydrogen-bond acceptors (Lipinski definition) is 1. The summed E-state index contributed by atoms with van der Waals surface area (Å²) in [6.07, 6.45) is 2.00. The van der Waals surface area contributed by atoms with Crippen LogP contribution in [-0.2, 0) is 12.8 Å². The largest absolute Gasteiger partial charge is 0.477 e. The first-order chi connectivity index (χ1) is 5.66. The van der Waals surface area contributed by atoms with Gasteiger partial charge in [-0.15, -0.1) is 0 Å². The summed E-state index contributed by atoms with van der Waals surface area (Å²) in [4.78, 5) is 13.5. The third-order valence-electron chi connectivity index (χ3n) is 2.34. The van der Waals surface area contributed by atoms with Crippen molar-refractivity contribution in [1.82, 2.24) is 4.98 Å². The van der Waals surface area contributed by atoms with Crippen molar-refractivity contribution in [2.45, 2.75) is 19.8 Å². The van der Waals surface area contributed by atoms with Crippen LogP contribution in [-0.4, -0.2) is 16.1 Å². The first-order valence-electron chi connectivity index (χ1n) is 4.11. The fourth-order valence-corrected chi connectivity index (χ4v) is 1.82. The lowest BCUT2D eigenvalue weighted by molar-refractivity contribution is 0.0691. The van der Waals surface area contributed by atoms with Gasteiger partial charge in [0.25, 0.3) is 0 Å². The van der Waals surface area contributed by atoms with Crippen molar-refractivity contribution in [3.8, 4) is 0 Å². The highest BCUT2D eigenvalue weighted by atomic mass is 16.4. The van der Waals surface area contributed by atoms with Gasteiger partial charge in [0.15, 0.2) is 0 Å². The average molecular weight is 165 g/mol. The Balaban J connectivity index is 2.34. The van der Waals surface area contributed by atoms with Crippen LogP contribution < -0.4 is 0 Å². The molecule has 3 nitrogen and oxygen atoms in total. The number of rotatable bonds is 1. The molecule has 0 saturated heterocycles. The minimum Gasteiger partial charge on any atom is -0.477 e. The van der Waals surface area contributed by atoms with Gasteiger partial charge < -0.3 is 10.1 Å². The number of nitrogens with one attached hydrogen (secondary N) is 1. The van der Waals surface area contributed by atoms with Crippen molar-refractivity contribution in [2.24, 2.45) is 5.92 Å². The van der Waals surface area contributed by atoms with E-state index in [4.69, 9.17) is 5.11 Å². The summed E-state index contributed by atoms with van der Waals surface area (Å²) < 4.78 is 0. The van der Waals surface area contributed by atoms with Crippen molar-refractivity contribution >= 4 is 5.97 Å². The summed E-state index contributed by atoms with van der Waals surface area (Å²) in [5.41, 5.74) is 2.62. The number of carboxylic acids is 1. The van der Waals surface area contributed by atoms with Gasteiger partial charge in [-0.25, -0.2) is 4.79 Å². The van der Waals surface area contributed by atoms with E-state index in [0.29, 0.717) is 11.6 Å². The van der Waals surface area contributed by atoms with Gasteiger partial charge in [-0.2, -0.15) is 0 Å². The second-order valence-electron chi connectivity index (χ2n) is 3.51. The Kier molecular flexibility index (Phi) is 1.46. The number of aromatic amines is 1. The number of carbonyl (C=O) groups is 1. The average Bonchev–Trinajstić information content (AvgIpc) is 2.42. The first kappa shape index (κ1) is 7.40. The maximum Gasteiger partial charge on any atom is 0.352 e. The second kappa shape index (κ2) is 2.37. The predicted molar refractivity (Wildman–Crippen MR) is 44.3 cm³/mol. The molecule has 12 heavy (non-hydrogen) atoms. The number of fused-ring (bicyclic) bond motifs is 1. The zero-order valence-corrected chi connectivity index (χ0v) is 6.92. The van der Waals surface area contributed by atoms with Crippen LogP contribution in [0.4, 0.5) is 0 Å². The summed E-state index contributed by atoms with van der Waals surface area (Å²) in [6.45, 7) is 2.17. The van der Waals surface area contributed by atoms with E-state index in [-0.39, 0.29) is 0 Å². The van der Waals surface area contributed by atoms with Crippen molar-refractivity contribution in [2.75, 3.05) is 0 Å². The zero-order chi connectivity index (χ0) is 8.72. The number of aromatic nitrogens is 1. The molecule has 1 aromatic heterocycles. The highest BCUT2D eigenvalue weighted by Crippen LogP contribution is 2.26.